The van der Waals surface area contributed by atoms with Crippen molar-refractivity contribution < 1.29 is 4.42 Å². The van der Waals surface area contributed by atoms with Crippen LogP contribution in [0.15, 0.2) is 41.1 Å². The first-order valence-electron chi connectivity index (χ1n) is 6.54. The molecule has 2 N–H and O–H groups in total. The fourth-order valence-corrected chi connectivity index (χ4v) is 2.07. The highest BCUT2D eigenvalue weighted by molar-refractivity contribution is 6.30. The molecule has 21 heavy (non-hydrogen) atoms. The summed E-state index contributed by atoms with van der Waals surface area (Å²) in [5.41, 5.74) is 8.03. The van der Waals surface area contributed by atoms with E-state index < -0.39 is 0 Å². The van der Waals surface area contributed by atoms with E-state index in [2.05, 4.69) is 15.3 Å². The van der Waals surface area contributed by atoms with Gasteiger partial charge in [0.2, 0.25) is 5.89 Å². The van der Waals surface area contributed by atoms with Crippen LogP contribution in [0.25, 0.3) is 11.5 Å². The van der Waals surface area contributed by atoms with Gasteiger partial charge in [0.05, 0.1) is 12.2 Å². The quantitative estimate of drug-likeness (QED) is 0.780. The van der Waals surface area contributed by atoms with Crippen LogP contribution in [0.3, 0.4) is 0 Å². The van der Waals surface area contributed by atoms with Crippen LogP contribution in [0.5, 0.6) is 0 Å². The molecule has 1 aromatic carbocycles. The molecule has 0 amide bonds. The lowest BCUT2D eigenvalue weighted by Crippen LogP contribution is -2.03. The van der Waals surface area contributed by atoms with Gasteiger partial charge in [-0.15, -0.1) is 5.10 Å². The Bertz CT molecular complexity index is 719. The zero-order valence-electron chi connectivity index (χ0n) is 11.2. The maximum atomic E-state index is 5.86. The molecular formula is C14H14ClN5O. The Hall–Kier alpha value is -2.18. The van der Waals surface area contributed by atoms with Crippen LogP contribution in [0.4, 0.5) is 0 Å². The Balaban J connectivity index is 1.73. The summed E-state index contributed by atoms with van der Waals surface area (Å²) in [6, 6.07) is 7.34. The summed E-state index contributed by atoms with van der Waals surface area (Å²) in [5, 5.41) is 8.75. The third-order valence-corrected chi connectivity index (χ3v) is 3.21. The zero-order chi connectivity index (χ0) is 14.7. The van der Waals surface area contributed by atoms with Crippen molar-refractivity contribution in [2.75, 3.05) is 6.54 Å². The number of nitrogens with two attached hydrogens (primary N) is 1. The molecule has 2 aromatic heterocycles. The van der Waals surface area contributed by atoms with E-state index in [1.54, 1.807) is 23.1 Å². The third-order valence-electron chi connectivity index (χ3n) is 2.95. The van der Waals surface area contributed by atoms with Crippen molar-refractivity contribution in [3.8, 4) is 11.5 Å². The van der Waals surface area contributed by atoms with E-state index in [1.165, 1.54) is 0 Å². The van der Waals surface area contributed by atoms with Gasteiger partial charge >= 0.3 is 0 Å². The molecule has 3 rings (SSSR count). The van der Waals surface area contributed by atoms with E-state index in [9.17, 15) is 0 Å². The highest BCUT2D eigenvalue weighted by atomic mass is 35.5. The fraction of sp³-hybridized carbons (Fsp3) is 0.214. The molecule has 0 fully saturated rings. The molecule has 0 aliphatic carbocycles. The van der Waals surface area contributed by atoms with Crippen LogP contribution in [-0.4, -0.2) is 26.5 Å². The summed E-state index contributed by atoms with van der Waals surface area (Å²) in [4.78, 5) is 4.44. The van der Waals surface area contributed by atoms with Gasteiger partial charge in [0.15, 0.2) is 0 Å². The number of rotatable bonds is 5. The second kappa shape index (κ2) is 6.07. The Morgan fingerprint density at radius 3 is 2.76 bits per heavy atom. The second-order valence-electron chi connectivity index (χ2n) is 4.60. The van der Waals surface area contributed by atoms with Crippen LogP contribution < -0.4 is 5.73 Å². The molecule has 0 bridgehead atoms. The van der Waals surface area contributed by atoms with E-state index in [4.69, 9.17) is 21.8 Å². The highest BCUT2D eigenvalue weighted by Crippen LogP contribution is 2.21. The zero-order valence-corrected chi connectivity index (χ0v) is 12.0. The minimum absolute atomic E-state index is 0.509. The van der Waals surface area contributed by atoms with Crippen LogP contribution in [0, 0.1) is 0 Å². The normalized spacial score (nSPS) is 11.0. The molecule has 0 aliphatic heterocycles. The van der Waals surface area contributed by atoms with Crippen molar-refractivity contribution >= 4 is 11.6 Å². The molecule has 2 heterocycles. The summed E-state index contributed by atoms with van der Waals surface area (Å²) < 4.78 is 7.20. The molecule has 0 aliphatic rings. The van der Waals surface area contributed by atoms with Crippen LogP contribution in [0.1, 0.15) is 11.4 Å². The molecule has 7 heteroatoms. The molecule has 6 nitrogen and oxygen atoms in total. The Labute approximate surface area is 126 Å². The predicted octanol–water partition coefficient (Wildman–Crippen LogP) is 2.14. The number of halogens is 1. The minimum atomic E-state index is 0.509. The number of benzene rings is 1. The average Bonchev–Trinajstić information content (AvgIpc) is 3.11. The van der Waals surface area contributed by atoms with Gasteiger partial charge in [-0.3, -0.25) is 0 Å². The lowest BCUT2D eigenvalue weighted by molar-refractivity contribution is 0.568. The van der Waals surface area contributed by atoms with Gasteiger partial charge in [-0.05, 0) is 30.8 Å². The maximum absolute atomic E-state index is 5.86. The summed E-state index contributed by atoms with van der Waals surface area (Å²) >= 11 is 5.86. The molecule has 0 unspecified atom stereocenters. The predicted molar refractivity (Wildman–Crippen MR) is 78.8 cm³/mol. The lowest BCUT2D eigenvalue weighted by atomic mass is 10.2. The first-order valence-corrected chi connectivity index (χ1v) is 6.92. The molecular weight excluding hydrogens is 290 g/mol. The number of aromatic nitrogens is 4. The van der Waals surface area contributed by atoms with Crippen molar-refractivity contribution in [1.29, 1.82) is 0 Å². The Morgan fingerprint density at radius 2 is 2.00 bits per heavy atom. The smallest absolute Gasteiger partial charge is 0.226 e. The summed E-state index contributed by atoms with van der Waals surface area (Å²) in [5.74, 6) is 0.559. The van der Waals surface area contributed by atoms with Gasteiger partial charge in [0, 0.05) is 23.2 Å². The largest absolute Gasteiger partial charge is 0.444 e. The van der Waals surface area contributed by atoms with Gasteiger partial charge in [0.25, 0.3) is 0 Å². The molecule has 3 aromatic rings. The fourth-order valence-electron chi connectivity index (χ4n) is 1.95. The standard InChI is InChI=1S/C14H14ClN5O/c15-11-3-1-10(2-4-11)14-17-13(9-21-14)8-20-7-12(5-6-16)18-19-20/h1-4,7,9H,5-6,8,16H2. The number of hydrogen-bond acceptors (Lipinski definition) is 5. The number of nitrogens with zero attached hydrogens (tertiary/aromatic N) is 4. The molecule has 0 atom stereocenters. The van der Waals surface area contributed by atoms with E-state index in [0.29, 0.717) is 24.0 Å². The second-order valence-corrected chi connectivity index (χ2v) is 5.03. The van der Waals surface area contributed by atoms with E-state index in [-0.39, 0.29) is 0 Å². The van der Waals surface area contributed by atoms with E-state index >= 15 is 0 Å². The van der Waals surface area contributed by atoms with Crippen molar-refractivity contribution in [2.45, 2.75) is 13.0 Å². The van der Waals surface area contributed by atoms with Crippen molar-refractivity contribution in [3.05, 3.63) is 53.1 Å². The molecule has 0 spiro atoms. The van der Waals surface area contributed by atoms with Gasteiger partial charge in [-0.1, -0.05) is 16.8 Å². The van der Waals surface area contributed by atoms with Gasteiger partial charge < -0.3 is 10.2 Å². The summed E-state index contributed by atoms with van der Waals surface area (Å²) in [7, 11) is 0. The minimum Gasteiger partial charge on any atom is -0.444 e. The first-order chi connectivity index (χ1) is 10.2. The van der Waals surface area contributed by atoms with Crippen LogP contribution >= 0.6 is 11.6 Å². The Kier molecular flexibility index (Phi) is 3.98. The SMILES string of the molecule is NCCc1cn(Cc2coc(-c3ccc(Cl)cc3)n2)nn1. The van der Waals surface area contributed by atoms with Crippen molar-refractivity contribution in [1.82, 2.24) is 20.0 Å². The molecule has 0 radical (unpaired) electrons. The molecule has 108 valence electrons. The van der Waals surface area contributed by atoms with Crippen LogP contribution in [0.2, 0.25) is 5.02 Å². The third kappa shape index (κ3) is 3.29. The summed E-state index contributed by atoms with van der Waals surface area (Å²) in [6.07, 6.45) is 4.20. The number of hydrogen-bond donors (Lipinski definition) is 1. The van der Waals surface area contributed by atoms with Gasteiger partial charge in [-0.25, -0.2) is 9.67 Å². The lowest BCUT2D eigenvalue weighted by Gasteiger charge is -1.95. The highest BCUT2D eigenvalue weighted by Gasteiger charge is 2.08. The van der Waals surface area contributed by atoms with E-state index in [0.717, 1.165) is 23.4 Å². The topological polar surface area (TPSA) is 82.8 Å². The molecule has 0 saturated carbocycles. The van der Waals surface area contributed by atoms with Crippen molar-refractivity contribution in [3.63, 3.8) is 0 Å². The van der Waals surface area contributed by atoms with E-state index in [1.807, 2.05) is 18.3 Å². The monoisotopic (exact) mass is 303 g/mol. The van der Waals surface area contributed by atoms with Crippen LogP contribution in [-0.2, 0) is 13.0 Å². The van der Waals surface area contributed by atoms with Gasteiger partial charge in [0.1, 0.15) is 12.0 Å². The van der Waals surface area contributed by atoms with Crippen molar-refractivity contribution in [2.24, 2.45) is 5.73 Å². The maximum Gasteiger partial charge on any atom is 0.226 e. The number of oxazole rings is 1. The first kappa shape index (κ1) is 13.8. The Morgan fingerprint density at radius 1 is 1.19 bits per heavy atom. The molecule has 0 saturated heterocycles. The van der Waals surface area contributed by atoms with Gasteiger partial charge in [-0.2, -0.15) is 0 Å². The average molecular weight is 304 g/mol. The summed E-state index contributed by atoms with van der Waals surface area (Å²) in [6.45, 7) is 1.07.